The number of amidine groups is 1. The van der Waals surface area contributed by atoms with Gasteiger partial charge >= 0.3 is 0 Å². The molecule has 0 aliphatic carbocycles. The van der Waals surface area contributed by atoms with Gasteiger partial charge in [-0.1, -0.05) is 19.1 Å². The summed E-state index contributed by atoms with van der Waals surface area (Å²) < 4.78 is 23.9. The number of ether oxygens (including phenoxy) is 4. The smallest absolute Gasteiger partial charge is 0.283 e. The molecule has 0 saturated carbocycles. The summed E-state index contributed by atoms with van der Waals surface area (Å²) in [5.41, 5.74) is 7.80. The third kappa shape index (κ3) is 3.60. The molecule has 186 valence electrons. The molecule has 8 heteroatoms. The highest BCUT2D eigenvalue weighted by Gasteiger charge is 2.51. The van der Waals surface area contributed by atoms with Crippen LogP contribution in [0.25, 0.3) is 11.1 Å². The minimum Gasteiger partial charge on any atom is -0.492 e. The number of benzene rings is 2. The highest BCUT2D eigenvalue weighted by Crippen LogP contribution is 2.56. The van der Waals surface area contributed by atoms with E-state index in [0.717, 1.165) is 16.7 Å². The Morgan fingerprint density at radius 3 is 2.53 bits per heavy atom. The van der Waals surface area contributed by atoms with Gasteiger partial charge in [-0.25, -0.2) is 4.99 Å². The molecule has 0 amide bonds. The van der Waals surface area contributed by atoms with E-state index >= 15 is 0 Å². The lowest BCUT2D eigenvalue weighted by Crippen LogP contribution is -2.44. The molecule has 3 aromatic rings. The van der Waals surface area contributed by atoms with Crippen LogP contribution in [-0.4, -0.2) is 42.5 Å². The van der Waals surface area contributed by atoms with Crippen LogP contribution in [0.5, 0.6) is 17.2 Å². The zero-order valence-electron chi connectivity index (χ0n) is 20.6. The molecule has 0 bridgehead atoms. The molecule has 1 aromatic heterocycles. The molecule has 1 spiro atoms. The Morgan fingerprint density at radius 1 is 1.08 bits per heavy atom. The highest BCUT2D eigenvalue weighted by atomic mass is 16.5. The van der Waals surface area contributed by atoms with Crippen molar-refractivity contribution in [2.45, 2.75) is 31.9 Å². The van der Waals surface area contributed by atoms with Gasteiger partial charge in [-0.05, 0) is 49.7 Å². The summed E-state index contributed by atoms with van der Waals surface area (Å²) in [7, 11) is 0. The maximum atomic E-state index is 11.4. The summed E-state index contributed by atoms with van der Waals surface area (Å²) in [5.74, 6) is 1.82. The predicted octanol–water partition coefficient (Wildman–Crippen LogP) is 4.09. The lowest BCUT2D eigenvalue weighted by Gasteiger charge is -2.40. The zero-order chi connectivity index (χ0) is 25.1. The van der Waals surface area contributed by atoms with Crippen LogP contribution < -0.4 is 15.2 Å². The van der Waals surface area contributed by atoms with Crippen LogP contribution in [0.4, 0.5) is 0 Å². The Kier molecular flexibility index (Phi) is 5.04. The van der Waals surface area contributed by atoms with Crippen LogP contribution in [0.3, 0.4) is 0 Å². The summed E-state index contributed by atoms with van der Waals surface area (Å²) in [6.45, 7) is 7.52. The van der Waals surface area contributed by atoms with E-state index in [2.05, 4.69) is 11.9 Å². The lowest BCUT2D eigenvalue weighted by molar-refractivity contribution is -0.120. The van der Waals surface area contributed by atoms with Crippen molar-refractivity contribution in [3.8, 4) is 28.4 Å². The summed E-state index contributed by atoms with van der Waals surface area (Å²) in [6, 6.07) is 13.7. The van der Waals surface area contributed by atoms with Gasteiger partial charge in [-0.15, -0.1) is 0 Å². The Labute approximate surface area is 209 Å². The molecule has 4 heterocycles. The summed E-state index contributed by atoms with van der Waals surface area (Å²) in [4.78, 5) is 9.10. The number of nitrogens with two attached hydrogens (primary N) is 1. The molecular weight excluding hydrogens is 458 g/mol. The minimum absolute atomic E-state index is 0.0643. The second kappa shape index (κ2) is 7.94. The van der Waals surface area contributed by atoms with E-state index in [0.29, 0.717) is 48.2 Å². The first-order valence-electron chi connectivity index (χ1n) is 12.0. The molecule has 1 atom stereocenters. The van der Waals surface area contributed by atoms with E-state index in [1.807, 2.05) is 48.7 Å². The fourth-order valence-electron chi connectivity index (χ4n) is 5.18. The summed E-state index contributed by atoms with van der Waals surface area (Å²) in [6.07, 6.45) is 3.56. The van der Waals surface area contributed by atoms with Crippen LogP contribution in [-0.2, 0) is 20.6 Å². The van der Waals surface area contributed by atoms with Gasteiger partial charge in [0.2, 0.25) is 0 Å². The molecule has 6 rings (SSSR count). The molecule has 2 aromatic carbocycles. The standard InChI is InChI=1S/C28H29N3O5/c1-26(2,32)23-21(34-15-27(3)13-33-14-27)8-9-22-24(23)28(16-35-25(29)31-28)19-11-17(6-7-20(19)36-22)18-5-4-10-30-12-18/h4-12,32H,13-16H2,1-3H3,(H2,29,31)/t28-/m0/s1. The van der Waals surface area contributed by atoms with E-state index in [1.165, 1.54) is 0 Å². The second-order valence-electron chi connectivity index (χ2n) is 10.6. The topological polar surface area (TPSA) is 108 Å². The Hall–Kier alpha value is -3.62. The molecule has 36 heavy (non-hydrogen) atoms. The number of aliphatic hydroxyl groups is 1. The molecule has 3 N–H and O–H groups in total. The molecule has 0 radical (unpaired) electrons. The molecular formula is C28H29N3O5. The van der Waals surface area contributed by atoms with Gasteiger partial charge in [0.15, 0.2) is 5.54 Å². The maximum absolute atomic E-state index is 11.4. The maximum Gasteiger partial charge on any atom is 0.283 e. The average molecular weight is 488 g/mol. The van der Waals surface area contributed by atoms with Crippen molar-refractivity contribution in [3.05, 3.63) is 71.5 Å². The Balaban J connectivity index is 1.55. The zero-order valence-corrected chi connectivity index (χ0v) is 20.6. The number of fused-ring (bicyclic) bond motifs is 4. The summed E-state index contributed by atoms with van der Waals surface area (Å²) in [5, 5.41) is 11.4. The first-order valence-corrected chi connectivity index (χ1v) is 12.0. The molecule has 8 nitrogen and oxygen atoms in total. The third-order valence-corrected chi connectivity index (χ3v) is 7.00. The largest absolute Gasteiger partial charge is 0.492 e. The molecule has 1 saturated heterocycles. The number of hydrogen-bond donors (Lipinski definition) is 2. The third-order valence-electron chi connectivity index (χ3n) is 7.00. The SMILES string of the molecule is CC1(COc2ccc3c(c2C(C)(C)O)[C@]2(COC(N)=N2)c2cc(-c4cccnc4)ccc2O3)COC1. The Bertz CT molecular complexity index is 1360. The quantitative estimate of drug-likeness (QED) is 0.558. The van der Waals surface area contributed by atoms with Gasteiger partial charge in [0.1, 0.15) is 23.9 Å². The van der Waals surface area contributed by atoms with Crippen LogP contribution in [0.2, 0.25) is 0 Å². The van der Waals surface area contributed by atoms with Gasteiger partial charge < -0.3 is 29.8 Å². The highest BCUT2D eigenvalue weighted by molar-refractivity contribution is 5.79. The van der Waals surface area contributed by atoms with Crippen molar-refractivity contribution in [3.63, 3.8) is 0 Å². The number of hydrogen-bond acceptors (Lipinski definition) is 8. The van der Waals surface area contributed by atoms with Gasteiger partial charge in [-0.2, -0.15) is 0 Å². The van der Waals surface area contributed by atoms with Crippen molar-refractivity contribution in [1.82, 2.24) is 4.98 Å². The molecule has 3 aliphatic heterocycles. The van der Waals surface area contributed by atoms with Gasteiger partial charge in [0.25, 0.3) is 6.02 Å². The van der Waals surface area contributed by atoms with Crippen molar-refractivity contribution in [2.75, 3.05) is 26.4 Å². The van der Waals surface area contributed by atoms with Gasteiger partial charge in [-0.3, -0.25) is 4.98 Å². The van der Waals surface area contributed by atoms with E-state index < -0.39 is 11.1 Å². The van der Waals surface area contributed by atoms with Crippen LogP contribution in [0, 0.1) is 5.41 Å². The molecule has 0 unspecified atom stereocenters. The molecule has 1 fully saturated rings. The first-order chi connectivity index (χ1) is 17.2. The number of aliphatic imine (C=N–C) groups is 1. The van der Waals surface area contributed by atoms with Crippen molar-refractivity contribution in [2.24, 2.45) is 16.1 Å². The van der Waals surface area contributed by atoms with Gasteiger partial charge in [0, 0.05) is 40.1 Å². The first kappa shape index (κ1) is 22.8. The van der Waals surface area contributed by atoms with Crippen molar-refractivity contribution in [1.29, 1.82) is 0 Å². The number of rotatable bonds is 5. The van der Waals surface area contributed by atoms with E-state index in [-0.39, 0.29) is 18.0 Å². The lowest BCUT2D eigenvalue weighted by atomic mass is 9.75. The second-order valence-corrected chi connectivity index (χ2v) is 10.6. The van der Waals surface area contributed by atoms with Gasteiger partial charge in [0.05, 0.1) is 25.4 Å². The molecule has 3 aliphatic rings. The average Bonchev–Trinajstić information content (AvgIpc) is 3.23. The number of nitrogens with zero attached hydrogens (tertiary/aromatic N) is 2. The minimum atomic E-state index is -1.26. The van der Waals surface area contributed by atoms with Crippen molar-refractivity contribution < 1.29 is 24.1 Å². The monoisotopic (exact) mass is 487 g/mol. The normalized spacial score (nSPS) is 21.5. The fraction of sp³-hybridized carbons (Fsp3) is 0.357. The van der Waals surface area contributed by atoms with E-state index in [1.54, 1.807) is 20.0 Å². The van der Waals surface area contributed by atoms with Crippen LogP contribution >= 0.6 is 0 Å². The summed E-state index contributed by atoms with van der Waals surface area (Å²) >= 11 is 0. The number of aromatic nitrogens is 1. The van der Waals surface area contributed by atoms with Crippen molar-refractivity contribution >= 4 is 6.02 Å². The Morgan fingerprint density at radius 2 is 1.89 bits per heavy atom. The van der Waals surface area contributed by atoms with Crippen LogP contribution in [0.1, 0.15) is 37.5 Å². The van der Waals surface area contributed by atoms with E-state index in [4.69, 9.17) is 29.7 Å². The predicted molar refractivity (Wildman–Crippen MR) is 134 cm³/mol. The fourth-order valence-corrected chi connectivity index (χ4v) is 5.18. The van der Waals surface area contributed by atoms with E-state index in [9.17, 15) is 5.11 Å². The van der Waals surface area contributed by atoms with Crippen LogP contribution in [0.15, 0.2) is 59.9 Å². The number of pyridine rings is 1.